The normalized spacial score (nSPS) is 11.0. The molecule has 146 valence electrons. The molecule has 3 heterocycles. The van der Waals surface area contributed by atoms with Crippen molar-refractivity contribution in [2.24, 2.45) is 0 Å². The van der Waals surface area contributed by atoms with Crippen LogP contribution < -0.4 is 5.56 Å². The Hall–Kier alpha value is -3.45. The quantitative estimate of drug-likeness (QED) is 0.483. The minimum absolute atomic E-state index is 0.148. The van der Waals surface area contributed by atoms with Crippen LogP contribution >= 0.6 is 11.6 Å². The van der Waals surface area contributed by atoms with E-state index in [-0.39, 0.29) is 22.9 Å². The molecule has 0 amide bonds. The van der Waals surface area contributed by atoms with Gasteiger partial charge in [-0.1, -0.05) is 35.9 Å². The molecule has 29 heavy (non-hydrogen) atoms. The molecule has 0 saturated heterocycles. The highest BCUT2D eigenvalue weighted by Gasteiger charge is 2.22. The van der Waals surface area contributed by atoms with Crippen molar-refractivity contribution in [3.05, 3.63) is 92.7 Å². The Morgan fingerprint density at radius 2 is 1.90 bits per heavy atom. The molecule has 7 nitrogen and oxygen atoms in total. The summed E-state index contributed by atoms with van der Waals surface area (Å²) in [5.41, 5.74) is 2.87. The molecule has 4 rings (SSSR count). The molecule has 0 aliphatic carbocycles. The molecular weight excluding hydrogens is 392 g/mol. The van der Waals surface area contributed by atoms with Crippen molar-refractivity contribution in [2.45, 2.75) is 20.5 Å². The lowest BCUT2D eigenvalue weighted by Crippen LogP contribution is -2.17. The van der Waals surface area contributed by atoms with Gasteiger partial charge in [-0.15, -0.1) is 0 Å². The van der Waals surface area contributed by atoms with Gasteiger partial charge in [0, 0.05) is 12.3 Å². The highest BCUT2D eigenvalue weighted by molar-refractivity contribution is 6.33. The summed E-state index contributed by atoms with van der Waals surface area (Å²) >= 11 is 6.40. The van der Waals surface area contributed by atoms with Gasteiger partial charge in [0.05, 0.1) is 17.1 Å². The molecule has 0 bridgehead atoms. The van der Waals surface area contributed by atoms with Gasteiger partial charge in [0.1, 0.15) is 23.0 Å². The third-order valence-electron chi connectivity index (χ3n) is 4.50. The zero-order valence-electron chi connectivity index (χ0n) is 15.8. The first-order valence-electron chi connectivity index (χ1n) is 8.91. The number of nitrogens with zero attached hydrogens (tertiary/aromatic N) is 4. The standard InChI is InChI=1S/C21H17ClN4O3/c1-13-7-6-10-25-17(27)11-15(23-20(13)25)12-29-21(28)18-14(2)24-26(19(18)22)16-8-4-3-5-9-16/h3-11H,12H2,1-2H3. The number of hydrogen-bond donors (Lipinski definition) is 0. The van der Waals surface area contributed by atoms with Crippen molar-refractivity contribution in [3.8, 4) is 5.69 Å². The fourth-order valence-electron chi connectivity index (χ4n) is 3.07. The van der Waals surface area contributed by atoms with Gasteiger partial charge in [-0.2, -0.15) is 5.10 Å². The van der Waals surface area contributed by atoms with E-state index in [0.29, 0.717) is 17.0 Å². The van der Waals surface area contributed by atoms with Gasteiger partial charge in [0.15, 0.2) is 0 Å². The van der Waals surface area contributed by atoms with Crippen LogP contribution in [0.2, 0.25) is 5.15 Å². The van der Waals surface area contributed by atoms with Crippen LogP contribution in [-0.2, 0) is 11.3 Å². The molecule has 0 saturated carbocycles. The molecule has 4 aromatic rings. The van der Waals surface area contributed by atoms with E-state index in [1.165, 1.54) is 15.1 Å². The van der Waals surface area contributed by atoms with Gasteiger partial charge in [-0.25, -0.2) is 14.5 Å². The molecule has 0 unspecified atom stereocenters. The third kappa shape index (κ3) is 3.52. The highest BCUT2D eigenvalue weighted by Crippen LogP contribution is 2.24. The smallest absolute Gasteiger partial charge is 0.343 e. The summed E-state index contributed by atoms with van der Waals surface area (Å²) in [6, 6.07) is 14.2. The maximum absolute atomic E-state index is 12.6. The average molecular weight is 409 g/mol. The second-order valence-electron chi connectivity index (χ2n) is 6.55. The van der Waals surface area contributed by atoms with E-state index in [4.69, 9.17) is 16.3 Å². The van der Waals surface area contributed by atoms with E-state index < -0.39 is 5.97 Å². The third-order valence-corrected chi connectivity index (χ3v) is 4.85. The highest BCUT2D eigenvalue weighted by atomic mass is 35.5. The summed E-state index contributed by atoms with van der Waals surface area (Å²) in [6.45, 7) is 3.40. The summed E-state index contributed by atoms with van der Waals surface area (Å²) in [5, 5.41) is 4.51. The lowest BCUT2D eigenvalue weighted by atomic mass is 10.2. The number of carbonyl (C=O) groups excluding carboxylic acids is 1. The number of halogens is 1. The summed E-state index contributed by atoms with van der Waals surface area (Å²) in [6.07, 6.45) is 1.65. The molecule has 0 radical (unpaired) electrons. The number of ether oxygens (including phenoxy) is 1. The Bertz CT molecular complexity index is 1280. The van der Waals surface area contributed by atoms with E-state index in [1.807, 2.05) is 43.3 Å². The molecule has 0 atom stereocenters. The Morgan fingerprint density at radius 1 is 1.14 bits per heavy atom. The van der Waals surface area contributed by atoms with Crippen LogP contribution in [0.5, 0.6) is 0 Å². The van der Waals surface area contributed by atoms with Crippen molar-refractivity contribution in [2.75, 3.05) is 0 Å². The lowest BCUT2D eigenvalue weighted by Gasteiger charge is -2.07. The number of hydrogen-bond acceptors (Lipinski definition) is 5. The van der Waals surface area contributed by atoms with Crippen LogP contribution in [0.4, 0.5) is 0 Å². The van der Waals surface area contributed by atoms with Crippen LogP contribution in [0.1, 0.15) is 27.3 Å². The van der Waals surface area contributed by atoms with E-state index in [1.54, 1.807) is 19.2 Å². The first kappa shape index (κ1) is 18.9. The van der Waals surface area contributed by atoms with Crippen molar-refractivity contribution < 1.29 is 9.53 Å². The van der Waals surface area contributed by atoms with E-state index >= 15 is 0 Å². The average Bonchev–Trinajstić information content (AvgIpc) is 3.02. The number of carbonyl (C=O) groups is 1. The predicted octanol–water partition coefficient (Wildman–Crippen LogP) is 3.51. The fourth-order valence-corrected chi connectivity index (χ4v) is 3.41. The summed E-state index contributed by atoms with van der Waals surface area (Å²) < 4.78 is 8.32. The topological polar surface area (TPSA) is 78.5 Å². The molecule has 0 spiro atoms. The number of esters is 1. The summed E-state index contributed by atoms with van der Waals surface area (Å²) in [4.78, 5) is 29.4. The van der Waals surface area contributed by atoms with E-state index in [0.717, 1.165) is 11.3 Å². The second kappa shape index (κ2) is 7.52. The Labute approximate surface area is 171 Å². The number of aryl methyl sites for hydroxylation is 2. The zero-order valence-corrected chi connectivity index (χ0v) is 16.6. The Balaban J connectivity index is 1.60. The lowest BCUT2D eigenvalue weighted by molar-refractivity contribution is 0.0467. The first-order chi connectivity index (χ1) is 14.0. The molecule has 1 aromatic carbocycles. The number of fused-ring (bicyclic) bond motifs is 1. The first-order valence-corrected chi connectivity index (χ1v) is 9.29. The molecule has 0 aliphatic rings. The van der Waals surface area contributed by atoms with Gasteiger partial charge in [0.2, 0.25) is 0 Å². The van der Waals surface area contributed by atoms with Crippen LogP contribution in [0.3, 0.4) is 0 Å². The fraction of sp³-hybridized carbons (Fsp3) is 0.143. The minimum atomic E-state index is -0.624. The SMILES string of the molecule is Cc1nn(-c2ccccc2)c(Cl)c1C(=O)OCc1cc(=O)n2cccc(C)c2n1. The van der Waals surface area contributed by atoms with Crippen molar-refractivity contribution in [1.82, 2.24) is 19.2 Å². The van der Waals surface area contributed by atoms with E-state index in [2.05, 4.69) is 10.1 Å². The second-order valence-corrected chi connectivity index (χ2v) is 6.90. The van der Waals surface area contributed by atoms with Crippen molar-refractivity contribution in [3.63, 3.8) is 0 Å². The predicted molar refractivity (Wildman–Crippen MR) is 109 cm³/mol. The van der Waals surface area contributed by atoms with Gasteiger partial charge >= 0.3 is 5.97 Å². The maximum Gasteiger partial charge on any atom is 0.343 e. The molecule has 0 aliphatic heterocycles. The molecular formula is C21H17ClN4O3. The van der Waals surface area contributed by atoms with Crippen LogP contribution in [0, 0.1) is 13.8 Å². The summed E-state index contributed by atoms with van der Waals surface area (Å²) in [5.74, 6) is -0.624. The number of pyridine rings is 1. The van der Waals surface area contributed by atoms with Crippen LogP contribution in [0.25, 0.3) is 11.3 Å². The van der Waals surface area contributed by atoms with Gasteiger partial charge in [0.25, 0.3) is 5.56 Å². The monoisotopic (exact) mass is 408 g/mol. The van der Waals surface area contributed by atoms with Gasteiger partial charge < -0.3 is 4.74 Å². The number of aromatic nitrogens is 4. The number of rotatable bonds is 4. The Morgan fingerprint density at radius 3 is 2.66 bits per heavy atom. The minimum Gasteiger partial charge on any atom is -0.455 e. The largest absolute Gasteiger partial charge is 0.455 e. The maximum atomic E-state index is 12.6. The molecule has 0 fully saturated rings. The van der Waals surface area contributed by atoms with Crippen molar-refractivity contribution in [1.29, 1.82) is 0 Å². The number of para-hydroxylation sites is 1. The van der Waals surface area contributed by atoms with Gasteiger partial charge in [-0.05, 0) is 37.6 Å². The molecule has 8 heteroatoms. The summed E-state index contributed by atoms with van der Waals surface area (Å²) in [7, 11) is 0. The molecule has 0 N–H and O–H groups in total. The zero-order chi connectivity index (χ0) is 20.5. The Kier molecular flexibility index (Phi) is 4.90. The van der Waals surface area contributed by atoms with Gasteiger partial charge in [-0.3, -0.25) is 9.20 Å². The number of benzene rings is 1. The van der Waals surface area contributed by atoms with E-state index in [9.17, 15) is 9.59 Å². The van der Waals surface area contributed by atoms with Crippen LogP contribution in [0.15, 0.2) is 59.5 Å². The molecule has 3 aromatic heterocycles. The van der Waals surface area contributed by atoms with Crippen molar-refractivity contribution >= 4 is 23.2 Å². The van der Waals surface area contributed by atoms with Crippen LogP contribution in [-0.4, -0.2) is 25.1 Å².